The molecule has 2 amide bonds. The summed E-state index contributed by atoms with van der Waals surface area (Å²) in [4.78, 5) is 24.1. The largest absolute Gasteiger partial charge is 0.376 e. The van der Waals surface area contributed by atoms with E-state index in [1.165, 1.54) is 0 Å². The molecule has 0 aliphatic heterocycles. The second-order valence-electron chi connectivity index (χ2n) is 6.52. The summed E-state index contributed by atoms with van der Waals surface area (Å²) in [7, 11) is 0. The summed E-state index contributed by atoms with van der Waals surface area (Å²) >= 11 is 0. The second kappa shape index (κ2) is 9.61. The van der Waals surface area contributed by atoms with Gasteiger partial charge in [0, 0.05) is 17.3 Å². The molecule has 138 valence electrons. The Balaban J connectivity index is 1.89. The van der Waals surface area contributed by atoms with Crippen LogP contribution in [0.2, 0.25) is 0 Å². The van der Waals surface area contributed by atoms with Gasteiger partial charge in [-0.25, -0.2) is 0 Å². The van der Waals surface area contributed by atoms with Gasteiger partial charge in [0.1, 0.15) is 0 Å². The molecule has 0 aromatic heterocycles. The van der Waals surface area contributed by atoms with Gasteiger partial charge in [0.15, 0.2) is 0 Å². The molecule has 0 bridgehead atoms. The van der Waals surface area contributed by atoms with Crippen LogP contribution in [-0.2, 0) is 9.59 Å². The molecule has 0 heterocycles. The Kier molecular flexibility index (Phi) is 7.21. The lowest BCUT2D eigenvalue weighted by molar-refractivity contribution is -0.120. The van der Waals surface area contributed by atoms with Crippen LogP contribution in [0.1, 0.15) is 38.8 Å². The van der Waals surface area contributed by atoms with Gasteiger partial charge in [0.2, 0.25) is 11.8 Å². The minimum atomic E-state index is -0.0821. The lowest BCUT2D eigenvalue weighted by Crippen LogP contribution is -2.33. The maximum atomic E-state index is 12.3. The van der Waals surface area contributed by atoms with Crippen molar-refractivity contribution in [3.63, 3.8) is 0 Å². The summed E-state index contributed by atoms with van der Waals surface area (Å²) < 4.78 is 0. The monoisotopic (exact) mass is 353 g/mol. The second-order valence-corrected chi connectivity index (χ2v) is 6.52. The van der Waals surface area contributed by atoms with E-state index in [0.29, 0.717) is 5.69 Å². The topological polar surface area (TPSA) is 70.2 Å². The van der Waals surface area contributed by atoms with E-state index < -0.39 is 0 Å². The quantitative estimate of drug-likeness (QED) is 0.673. The van der Waals surface area contributed by atoms with Gasteiger partial charge in [-0.15, -0.1) is 0 Å². The van der Waals surface area contributed by atoms with Gasteiger partial charge in [0.05, 0.1) is 12.6 Å². The van der Waals surface area contributed by atoms with Crippen LogP contribution in [0.25, 0.3) is 0 Å². The zero-order valence-corrected chi connectivity index (χ0v) is 15.6. The Morgan fingerprint density at radius 3 is 2.31 bits per heavy atom. The van der Waals surface area contributed by atoms with E-state index in [1.54, 1.807) is 0 Å². The van der Waals surface area contributed by atoms with Crippen molar-refractivity contribution in [2.75, 3.05) is 17.2 Å². The third kappa shape index (κ3) is 5.92. The molecule has 0 fully saturated rings. The van der Waals surface area contributed by atoms with Crippen LogP contribution in [0.3, 0.4) is 0 Å². The van der Waals surface area contributed by atoms with E-state index >= 15 is 0 Å². The molecule has 0 spiro atoms. The highest BCUT2D eigenvalue weighted by Crippen LogP contribution is 2.17. The van der Waals surface area contributed by atoms with Gasteiger partial charge in [-0.3, -0.25) is 9.59 Å². The summed E-state index contributed by atoms with van der Waals surface area (Å²) in [6, 6.07) is 17.3. The lowest BCUT2D eigenvalue weighted by atomic mass is 10.0. The Morgan fingerprint density at radius 1 is 0.962 bits per heavy atom. The Bertz CT molecular complexity index is 729. The first-order valence-corrected chi connectivity index (χ1v) is 8.98. The molecule has 1 unspecified atom stereocenters. The summed E-state index contributed by atoms with van der Waals surface area (Å²) in [6.07, 6.45) is 0.826. The third-order valence-corrected chi connectivity index (χ3v) is 4.05. The average molecular weight is 353 g/mol. The maximum Gasteiger partial charge on any atom is 0.239 e. The van der Waals surface area contributed by atoms with E-state index in [2.05, 4.69) is 16.0 Å². The van der Waals surface area contributed by atoms with E-state index in [0.717, 1.165) is 17.7 Å². The molecule has 2 rings (SSSR count). The Hall–Kier alpha value is -2.82. The maximum absolute atomic E-state index is 12.3. The highest BCUT2D eigenvalue weighted by Gasteiger charge is 2.12. The van der Waals surface area contributed by atoms with Crippen molar-refractivity contribution >= 4 is 23.2 Å². The minimum absolute atomic E-state index is 0.00200. The van der Waals surface area contributed by atoms with Crippen LogP contribution in [-0.4, -0.2) is 18.4 Å². The predicted octanol–water partition coefficient (Wildman–Crippen LogP) is 3.96. The zero-order valence-electron chi connectivity index (χ0n) is 15.6. The molecule has 0 saturated carbocycles. The van der Waals surface area contributed by atoms with Crippen molar-refractivity contribution < 1.29 is 9.59 Å². The highest BCUT2D eigenvalue weighted by molar-refractivity contribution is 5.92. The van der Waals surface area contributed by atoms with Gasteiger partial charge in [-0.2, -0.15) is 0 Å². The highest BCUT2D eigenvalue weighted by atomic mass is 16.2. The van der Waals surface area contributed by atoms with Crippen LogP contribution < -0.4 is 16.0 Å². The van der Waals surface area contributed by atoms with Crippen LogP contribution >= 0.6 is 0 Å². The van der Waals surface area contributed by atoms with E-state index in [9.17, 15) is 9.59 Å². The molecule has 2 aromatic rings. The SMILES string of the molecule is CCC(NC(=O)CNc1cccc(NC(=O)C(C)C)c1)c1ccccc1. The van der Waals surface area contributed by atoms with Crippen LogP contribution in [0.4, 0.5) is 11.4 Å². The Labute approximate surface area is 155 Å². The minimum Gasteiger partial charge on any atom is -0.376 e. The average Bonchev–Trinajstić information content (AvgIpc) is 2.65. The Morgan fingerprint density at radius 2 is 1.65 bits per heavy atom. The van der Waals surface area contributed by atoms with Crippen molar-refractivity contribution in [2.24, 2.45) is 5.92 Å². The van der Waals surface area contributed by atoms with Crippen molar-refractivity contribution in [3.05, 3.63) is 60.2 Å². The number of hydrogen-bond donors (Lipinski definition) is 3. The molecule has 26 heavy (non-hydrogen) atoms. The molecule has 5 nitrogen and oxygen atoms in total. The third-order valence-electron chi connectivity index (χ3n) is 4.05. The van der Waals surface area contributed by atoms with Gasteiger partial charge < -0.3 is 16.0 Å². The van der Waals surface area contributed by atoms with Crippen molar-refractivity contribution in [1.29, 1.82) is 0 Å². The fourth-order valence-corrected chi connectivity index (χ4v) is 2.53. The number of benzene rings is 2. The fraction of sp³-hybridized carbons (Fsp3) is 0.333. The summed E-state index contributed by atoms with van der Waals surface area (Å²) in [5, 5.41) is 9.00. The lowest BCUT2D eigenvalue weighted by Gasteiger charge is -2.18. The number of nitrogens with one attached hydrogen (secondary N) is 3. The number of hydrogen-bond acceptors (Lipinski definition) is 3. The number of amides is 2. The molecule has 1 atom stereocenters. The summed E-state index contributed by atoms with van der Waals surface area (Å²) in [6.45, 7) is 5.91. The first-order valence-electron chi connectivity index (χ1n) is 8.98. The molecule has 0 aliphatic carbocycles. The first-order chi connectivity index (χ1) is 12.5. The standard InChI is InChI=1S/C21H27N3O2/c1-4-19(16-9-6-5-7-10-16)24-20(25)14-22-17-11-8-12-18(13-17)23-21(26)15(2)3/h5-13,15,19,22H,4,14H2,1-3H3,(H,23,26)(H,24,25). The van der Waals surface area contributed by atoms with Crippen LogP contribution in [0.5, 0.6) is 0 Å². The molecule has 2 aromatic carbocycles. The molecular formula is C21H27N3O2. The number of rotatable bonds is 8. The normalized spacial score (nSPS) is 11.7. The van der Waals surface area contributed by atoms with Gasteiger partial charge in [-0.05, 0) is 30.2 Å². The van der Waals surface area contributed by atoms with Crippen molar-refractivity contribution in [3.8, 4) is 0 Å². The van der Waals surface area contributed by atoms with Gasteiger partial charge in [0.25, 0.3) is 0 Å². The molecule has 0 aliphatic rings. The molecular weight excluding hydrogens is 326 g/mol. The molecule has 0 saturated heterocycles. The predicted molar refractivity (Wildman–Crippen MR) is 106 cm³/mol. The fourth-order valence-electron chi connectivity index (χ4n) is 2.53. The number of anilines is 2. The molecule has 3 N–H and O–H groups in total. The van der Waals surface area contributed by atoms with Crippen molar-refractivity contribution in [1.82, 2.24) is 5.32 Å². The zero-order chi connectivity index (χ0) is 18.9. The number of carbonyl (C=O) groups is 2. The van der Waals surface area contributed by atoms with E-state index in [4.69, 9.17) is 0 Å². The molecule has 5 heteroatoms. The van der Waals surface area contributed by atoms with Gasteiger partial charge in [-0.1, -0.05) is 57.2 Å². The smallest absolute Gasteiger partial charge is 0.239 e. The summed E-state index contributed by atoms with van der Waals surface area (Å²) in [5.41, 5.74) is 2.60. The molecule has 0 radical (unpaired) electrons. The van der Waals surface area contributed by atoms with E-state index in [-0.39, 0.29) is 30.3 Å². The van der Waals surface area contributed by atoms with E-state index in [1.807, 2.05) is 75.4 Å². The first kappa shape index (κ1) is 19.5. The van der Waals surface area contributed by atoms with Crippen LogP contribution in [0.15, 0.2) is 54.6 Å². The van der Waals surface area contributed by atoms with Crippen molar-refractivity contribution in [2.45, 2.75) is 33.2 Å². The van der Waals surface area contributed by atoms with Gasteiger partial charge >= 0.3 is 0 Å². The summed E-state index contributed by atoms with van der Waals surface area (Å²) in [5.74, 6) is -0.188. The number of carbonyl (C=O) groups excluding carboxylic acids is 2. The van der Waals surface area contributed by atoms with Crippen LogP contribution in [0, 0.1) is 5.92 Å².